The summed E-state index contributed by atoms with van der Waals surface area (Å²) >= 11 is 0. The lowest BCUT2D eigenvalue weighted by Crippen LogP contribution is -2.52. The van der Waals surface area contributed by atoms with Crippen LogP contribution in [-0.4, -0.2) is 50.8 Å². The second-order valence-electron chi connectivity index (χ2n) is 6.16. The van der Waals surface area contributed by atoms with Crippen LogP contribution < -0.4 is 14.5 Å². The topological polar surface area (TPSA) is 54.9 Å². The van der Waals surface area contributed by atoms with Crippen molar-refractivity contribution in [3.05, 3.63) is 47.8 Å². The molecule has 1 aromatic heterocycles. The van der Waals surface area contributed by atoms with Gasteiger partial charge in [-0.2, -0.15) is 4.98 Å². The fraction of sp³-hybridized carbons (Fsp3) is 0.368. The molecular weight excluding hydrogens is 337 g/mol. The molecule has 2 aromatic rings. The van der Waals surface area contributed by atoms with E-state index in [0.29, 0.717) is 25.3 Å². The van der Waals surface area contributed by atoms with E-state index in [2.05, 4.69) is 21.7 Å². The van der Waals surface area contributed by atoms with Crippen molar-refractivity contribution < 1.29 is 18.7 Å². The molecular formula is C19H22FN3O3. The molecule has 7 heteroatoms. The summed E-state index contributed by atoms with van der Waals surface area (Å²) in [6.45, 7) is 4.10. The zero-order valence-corrected chi connectivity index (χ0v) is 15.1. The van der Waals surface area contributed by atoms with Gasteiger partial charge in [-0.15, -0.1) is 0 Å². The number of pyridine rings is 1. The fourth-order valence-corrected chi connectivity index (χ4v) is 3.24. The fourth-order valence-electron chi connectivity index (χ4n) is 3.24. The summed E-state index contributed by atoms with van der Waals surface area (Å²) in [5.74, 6) is 0.252. The molecule has 26 heavy (non-hydrogen) atoms. The SMILES string of the molecule is COC(=O)c1ccc(N2CCN(c3ccccc3F)C(C)C2)nc1OC. The lowest BCUT2D eigenvalue weighted by molar-refractivity contribution is 0.0596. The van der Waals surface area contributed by atoms with Crippen molar-refractivity contribution in [2.45, 2.75) is 13.0 Å². The van der Waals surface area contributed by atoms with Gasteiger partial charge in [0.05, 0.1) is 19.9 Å². The van der Waals surface area contributed by atoms with Crippen molar-refractivity contribution in [3.8, 4) is 5.88 Å². The number of esters is 1. The number of para-hydroxylation sites is 1. The van der Waals surface area contributed by atoms with Gasteiger partial charge in [0.2, 0.25) is 5.88 Å². The second-order valence-corrected chi connectivity index (χ2v) is 6.16. The Morgan fingerprint density at radius 1 is 1.19 bits per heavy atom. The minimum absolute atomic E-state index is 0.105. The van der Waals surface area contributed by atoms with Gasteiger partial charge in [0.15, 0.2) is 0 Å². The summed E-state index contributed by atoms with van der Waals surface area (Å²) in [4.78, 5) is 20.4. The van der Waals surface area contributed by atoms with Crippen molar-refractivity contribution in [2.24, 2.45) is 0 Å². The van der Waals surface area contributed by atoms with Crippen LogP contribution in [0, 0.1) is 5.82 Å². The third kappa shape index (κ3) is 3.42. The highest BCUT2D eigenvalue weighted by Crippen LogP contribution is 2.27. The minimum atomic E-state index is -0.487. The Morgan fingerprint density at radius 2 is 1.96 bits per heavy atom. The highest BCUT2D eigenvalue weighted by Gasteiger charge is 2.27. The molecule has 0 N–H and O–H groups in total. The van der Waals surface area contributed by atoms with E-state index in [1.54, 1.807) is 24.3 Å². The smallest absolute Gasteiger partial charge is 0.343 e. The van der Waals surface area contributed by atoms with Gasteiger partial charge in [-0.05, 0) is 31.2 Å². The molecule has 1 aliphatic rings. The number of carbonyl (C=O) groups is 1. The number of ether oxygens (including phenoxy) is 2. The summed E-state index contributed by atoms with van der Waals surface area (Å²) in [5, 5.41) is 0. The van der Waals surface area contributed by atoms with Gasteiger partial charge in [-0.3, -0.25) is 0 Å². The van der Waals surface area contributed by atoms with E-state index in [4.69, 9.17) is 9.47 Å². The van der Waals surface area contributed by atoms with Crippen LogP contribution in [-0.2, 0) is 4.74 Å². The minimum Gasteiger partial charge on any atom is -0.480 e. The van der Waals surface area contributed by atoms with Gasteiger partial charge in [-0.25, -0.2) is 9.18 Å². The van der Waals surface area contributed by atoms with Crippen LogP contribution in [0.4, 0.5) is 15.9 Å². The molecule has 0 bridgehead atoms. The summed E-state index contributed by atoms with van der Waals surface area (Å²) < 4.78 is 24.1. The van der Waals surface area contributed by atoms with E-state index in [0.717, 1.165) is 5.82 Å². The number of nitrogens with zero attached hydrogens (tertiary/aromatic N) is 3. The third-order valence-electron chi connectivity index (χ3n) is 4.56. The van der Waals surface area contributed by atoms with Crippen molar-refractivity contribution >= 4 is 17.5 Å². The van der Waals surface area contributed by atoms with Crippen molar-refractivity contribution in [3.63, 3.8) is 0 Å². The number of benzene rings is 1. The molecule has 1 aliphatic heterocycles. The Labute approximate surface area is 152 Å². The summed E-state index contributed by atoms with van der Waals surface area (Å²) in [6, 6.07) is 10.4. The monoisotopic (exact) mass is 359 g/mol. The molecule has 1 aromatic carbocycles. The average molecular weight is 359 g/mol. The summed E-state index contributed by atoms with van der Waals surface area (Å²) in [5.41, 5.74) is 0.906. The zero-order chi connectivity index (χ0) is 18.7. The first-order valence-electron chi connectivity index (χ1n) is 8.44. The Morgan fingerprint density at radius 3 is 2.62 bits per heavy atom. The van der Waals surface area contributed by atoms with Crippen LogP contribution in [0.2, 0.25) is 0 Å². The number of halogens is 1. The van der Waals surface area contributed by atoms with Crippen LogP contribution in [0.5, 0.6) is 5.88 Å². The number of hydrogen-bond acceptors (Lipinski definition) is 6. The van der Waals surface area contributed by atoms with Gasteiger partial charge >= 0.3 is 5.97 Å². The average Bonchev–Trinajstić information content (AvgIpc) is 2.67. The van der Waals surface area contributed by atoms with E-state index in [1.165, 1.54) is 20.3 Å². The molecule has 0 amide bonds. The largest absolute Gasteiger partial charge is 0.480 e. The highest BCUT2D eigenvalue weighted by atomic mass is 19.1. The molecule has 0 aliphatic carbocycles. The molecule has 0 spiro atoms. The maximum atomic E-state index is 14.1. The number of aromatic nitrogens is 1. The van der Waals surface area contributed by atoms with Gasteiger partial charge in [-0.1, -0.05) is 12.1 Å². The number of methoxy groups -OCH3 is 2. The van der Waals surface area contributed by atoms with E-state index in [9.17, 15) is 9.18 Å². The molecule has 1 saturated heterocycles. The Balaban J connectivity index is 1.79. The van der Waals surface area contributed by atoms with Crippen LogP contribution >= 0.6 is 0 Å². The number of hydrogen-bond donors (Lipinski definition) is 0. The second kappa shape index (κ2) is 7.59. The molecule has 138 valence electrons. The van der Waals surface area contributed by atoms with Crippen LogP contribution in [0.15, 0.2) is 36.4 Å². The van der Waals surface area contributed by atoms with Crippen LogP contribution in [0.25, 0.3) is 0 Å². The molecule has 3 rings (SSSR count). The van der Waals surface area contributed by atoms with Gasteiger partial charge in [0, 0.05) is 25.7 Å². The van der Waals surface area contributed by atoms with E-state index in [-0.39, 0.29) is 23.3 Å². The predicted octanol–water partition coefficient (Wildman–Crippen LogP) is 2.73. The van der Waals surface area contributed by atoms with Crippen LogP contribution in [0.3, 0.4) is 0 Å². The standard InChI is InChI=1S/C19H22FN3O3/c1-13-12-22(10-11-23(13)16-7-5-4-6-15(16)20)17-9-8-14(19(24)26-3)18(21-17)25-2/h4-9,13H,10-12H2,1-3H3. The van der Waals surface area contributed by atoms with Crippen molar-refractivity contribution in [1.82, 2.24) is 4.98 Å². The molecule has 1 fully saturated rings. The lowest BCUT2D eigenvalue weighted by Gasteiger charge is -2.41. The zero-order valence-electron chi connectivity index (χ0n) is 15.1. The molecule has 1 unspecified atom stereocenters. The quantitative estimate of drug-likeness (QED) is 0.783. The normalized spacial score (nSPS) is 17.2. The molecule has 2 heterocycles. The Hall–Kier alpha value is -2.83. The van der Waals surface area contributed by atoms with Crippen molar-refractivity contribution in [2.75, 3.05) is 43.7 Å². The molecule has 6 nitrogen and oxygen atoms in total. The van der Waals surface area contributed by atoms with E-state index >= 15 is 0 Å². The number of carbonyl (C=O) groups excluding carboxylic acids is 1. The highest BCUT2D eigenvalue weighted by molar-refractivity contribution is 5.92. The maximum absolute atomic E-state index is 14.1. The maximum Gasteiger partial charge on any atom is 0.343 e. The van der Waals surface area contributed by atoms with Gasteiger partial charge in [0.1, 0.15) is 17.2 Å². The number of rotatable bonds is 4. The Bertz CT molecular complexity index is 799. The molecule has 1 atom stereocenters. The van der Waals surface area contributed by atoms with Gasteiger partial charge < -0.3 is 19.3 Å². The van der Waals surface area contributed by atoms with E-state index in [1.807, 2.05) is 6.07 Å². The first-order chi connectivity index (χ1) is 12.5. The predicted molar refractivity (Wildman–Crippen MR) is 97.5 cm³/mol. The first-order valence-corrected chi connectivity index (χ1v) is 8.44. The van der Waals surface area contributed by atoms with Gasteiger partial charge in [0.25, 0.3) is 0 Å². The Kier molecular flexibility index (Phi) is 5.25. The first kappa shape index (κ1) is 18.0. The molecule has 0 saturated carbocycles. The summed E-state index contributed by atoms with van der Waals surface area (Å²) in [7, 11) is 2.79. The molecule has 0 radical (unpaired) electrons. The summed E-state index contributed by atoms with van der Waals surface area (Å²) in [6.07, 6.45) is 0. The number of piperazine rings is 1. The lowest BCUT2D eigenvalue weighted by atomic mass is 10.1. The van der Waals surface area contributed by atoms with Crippen molar-refractivity contribution in [1.29, 1.82) is 0 Å². The van der Waals surface area contributed by atoms with Crippen LogP contribution in [0.1, 0.15) is 17.3 Å². The number of anilines is 2. The third-order valence-corrected chi connectivity index (χ3v) is 4.56. The van der Waals surface area contributed by atoms with E-state index < -0.39 is 5.97 Å².